The van der Waals surface area contributed by atoms with Gasteiger partial charge in [0.15, 0.2) is 0 Å². The van der Waals surface area contributed by atoms with E-state index < -0.39 is 4.92 Å². The molecular formula is C8H8N2O3. The molecule has 0 heterocycles. The lowest BCUT2D eigenvalue weighted by Gasteiger charge is -1.98. The Bertz CT molecular complexity index is 349. The highest BCUT2D eigenvalue weighted by molar-refractivity contribution is 5.94. The quantitative estimate of drug-likeness (QED) is 0.544. The minimum Gasteiger partial charge on any atom is -0.355 e. The first kappa shape index (κ1) is 9.18. The van der Waals surface area contributed by atoms with Crippen molar-refractivity contribution in [3.63, 3.8) is 0 Å². The minimum absolute atomic E-state index is 0.0823. The third-order valence-corrected chi connectivity index (χ3v) is 1.55. The number of nitro groups is 1. The van der Waals surface area contributed by atoms with E-state index in [9.17, 15) is 14.9 Å². The van der Waals surface area contributed by atoms with E-state index in [0.29, 0.717) is 0 Å². The van der Waals surface area contributed by atoms with Crippen LogP contribution in [0.5, 0.6) is 0 Å². The summed E-state index contributed by atoms with van der Waals surface area (Å²) in [7, 11) is 1.47. The highest BCUT2D eigenvalue weighted by Crippen LogP contribution is 2.12. The van der Waals surface area contributed by atoms with E-state index in [4.69, 9.17) is 0 Å². The Morgan fingerprint density at radius 2 is 2.23 bits per heavy atom. The standard InChI is InChI=1S/C8H8N2O3/c1-9-8(11)6-3-2-4-7(5-6)10(12)13/h2-5H,1H3,(H,9,11). The van der Waals surface area contributed by atoms with Crippen molar-refractivity contribution in [1.82, 2.24) is 5.32 Å². The Morgan fingerprint density at radius 3 is 2.77 bits per heavy atom. The summed E-state index contributed by atoms with van der Waals surface area (Å²) in [6, 6.07) is 5.57. The Balaban J connectivity index is 3.05. The largest absolute Gasteiger partial charge is 0.355 e. The molecule has 1 rings (SSSR count). The highest BCUT2D eigenvalue weighted by Gasteiger charge is 2.09. The molecule has 0 saturated heterocycles. The van der Waals surface area contributed by atoms with Gasteiger partial charge < -0.3 is 5.32 Å². The summed E-state index contributed by atoms with van der Waals surface area (Å²) in [5.74, 6) is -0.330. The number of nitrogens with zero attached hydrogens (tertiary/aromatic N) is 1. The van der Waals surface area contributed by atoms with Crippen LogP contribution in [-0.4, -0.2) is 17.9 Å². The van der Waals surface area contributed by atoms with E-state index >= 15 is 0 Å². The number of benzene rings is 1. The molecule has 1 amide bonds. The predicted molar refractivity (Wildman–Crippen MR) is 46.5 cm³/mol. The molecule has 0 aliphatic heterocycles. The number of nitro benzene ring substituents is 1. The van der Waals surface area contributed by atoms with Crippen LogP contribution < -0.4 is 5.32 Å². The van der Waals surface area contributed by atoms with Crippen LogP contribution in [0.4, 0.5) is 5.69 Å². The second-order valence-corrected chi connectivity index (χ2v) is 2.39. The molecule has 0 aliphatic carbocycles. The van der Waals surface area contributed by atoms with Crippen molar-refractivity contribution in [3.05, 3.63) is 39.9 Å². The van der Waals surface area contributed by atoms with Gasteiger partial charge in [0.2, 0.25) is 0 Å². The number of carbonyl (C=O) groups is 1. The van der Waals surface area contributed by atoms with E-state index in [-0.39, 0.29) is 17.2 Å². The van der Waals surface area contributed by atoms with Gasteiger partial charge in [-0.25, -0.2) is 0 Å². The molecule has 1 aromatic rings. The summed E-state index contributed by atoms with van der Waals surface area (Å²) in [4.78, 5) is 20.9. The van der Waals surface area contributed by atoms with Crippen LogP contribution >= 0.6 is 0 Å². The van der Waals surface area contributed by atoms with Crippen molar-refractivity contribution in [2.24, 2.45) is 0 Å². The molecular weight excluding hydrogens is 172 g/mol. The molecule has 5 heteroatoms. The van der Waals surface area contributed by atoms with Crippen LogP contribution in [0.3, 0.4) is 0 Å². The fraction of sp³-hybridized carbons (Fsp3) is 0.125. The van der Waals surface area contributed by atoms with Crippen LogP contribution in [0.25, 0.3) is 0 Å². The first-order valence-electron chi connectivity index (χ1n) is 3.61. The van der Waals surface area contributed by atoms with Gasteiger partial charge in [-0.05, 0) is 6.07 Å². The van der Waals surface area contributed by atoms with E-state index in [1.165, 1.54) is 31.3 Å². The van der Waals surface area contributed by atoms with Gasteiger partial charge in [0.05, 0.1) is 4.92 Å². The number of carbonyl (C=O) groups excluding carboxylic acids is 1. The molecule has 0 spiro atoms. The van der Waals surface area contributed by atoms with Crippen molar-refractivity contribution in [1.29, 1.82) is 0 Å². The Hall–Kier alpha value is -1.91. The van der Waals surface area contributed by atoms with E-state index in [1.54, 1.807) is 0 Å². The molecule has 0 atom stereocenters. The summed E-state index contributed by atoms with van der Waals surface area (Å²) in [6.07, 6.45) is 0. The van der Waals surface area contributed by atoms with Gasteiger partial charge in [0.1, 0.15) is 0 Å². The van der Waals surface area contributed by atoms with Crippen LogP contribution in [0.15, 0.2) is 24.3 Å². The third kappa shape index (κ3) is 2.02. The Kier molecular flexibility index (Phi) is 2.59. The lowest BCUT2D eigenvalue weighted by Crippen LogP contribution is -2.17. The Morgan fingerprint density at radius 1 is 1.54 bits per heavy atom. The number of rotatable bonds is 2. The lowest BCUT2D eigenvalue weighted by molar-refractivity contribution is -0.384. The highest BCUT2D eigenvalue weighted by atomic mass is 16.6. The third-order valence-electron chi connectivity index (χ3n) is 1.55. The van der Waals surface area contributed by atoms with Crippen molar-refractivity contribution < 1.29 is 9.72 Å². The smallest absolute Gasteiger partial charge is 0.270 e. The number of nitrogens with one attached hydrogen (secondary N) is 1. The zero-order chi connectivity index (χ0) is 9.84. The molecule has 0 aromatic heterocycles. The van der Waals surface area contributed by atoms with Crippen molar-refractivity contribution in [3.8, 4) is 0 Å². The molecule has 0 saturated carbocycles. The van der Waals surface area contributed by atoms with Crippen LogP contribution in [0, 0.1) is 10.1 Å². The lowest BCUT2D eigenvalue weighted by atomic mass is 10.2. The van der Waals surface area contributed by atoms with Gasteiger partial charge in [-0.2, -0.15) is 0 Å². The minimum atomic E-state index is -0.535. The molecule has 13 heavy (non-hydrogen) atoms. The van der Waals surface area contributed by atoms with Crippen molar-refractivity contribution in [2.45, 2.75) is 0 Å². The van der Waals surface area contributed by atoms with Gasteiger partial charge in [0.25, 0.3) is 11.6 Å². The maximum atomic E-state index is 11.1. The fourth-order valence-electron chi connectivity index (χ4n) is 0.905. The van der Waals surface area contributed by atoms with Crippen LogP contribution in [0.1, 0.15) is 10.4 Å². The molecule has 0 unspecified atom stereocenters. The maximum Gasteiger partial charge on any atom is 0.270 e. The average molecular weight is 180 g/mol. The summed E-state index contributed by atoms with van der Waals surface area (Å²) in [5, 5.41) is 12.7. The molecule has 5 nitrogen and oxygen atoms in total. The number of hydrogen-bond acceptors (Lipinski definition) is 3. The molecule has 1 aromatic carbocycles. The monoisotopic (exact) mass is 180 g/mol. The molecule has 68 valence electrons. The molecule has 0 fully saturated rings. The maximum absolute atomic E-state index is 11.1. The van der Waals surface area contributed by atoms with Crippen molar-refractivity contribution >= 4 is 11.6 Å². The Labute approximate surface area is 74.5 Å². The number of non-ortho nitro benzene ring substituents is 1. The van der Waals surface area contributed by atoms with Gasteiger partial charge in [0, 0.05) is 24.7 Å². The topological polar surface area (TPSA) is 72.2 Å². The second-order valence-electron chi connectivity index (χ2n) is 2.39. The number of amides is 1. The van der Waals surface area contributed by atoms with E-state index in [2.05, 4.69) is 5.32 Å². The van der Waals surface area contributed by atoms with E-state index in [1.807, 2.05) is 0 Å². The summed E-state index contributed by atoms with van der Waals surface area (Å²) in [5.41, 5.74) is 0.206. The van der Waals surface area contributed by atoms with Crippen LogP contribution in [0.2, 0.25) is 0 Å². The first-order chi connectivity index (χ1) is 6.15. The predicted octanol–water partition coefficient (Wildman–Crippen LogP) is 0.954. The van der Waals surface area contributed by atoms with Gasteiger partial charge in [-0.1, -0.05) is 6.07 Å². The first-order valence-corrected chi connectivity index (χ1v) is 3.61. The normalized spacial score (nSPS) is 9.31. The fourth-order valence-corrected chi connectivity index (χ4v) is 0.905. The van der Waals surface area contributed by atoms with E-state index in [0.717, 1.165) is 0 Å². The van der Waals surface area contributed by atoms with Gasteiger partial charge in [-0.15, -0.1) is 0 Å². The molecule has 0 aliphatic rings. The SMILES string of the molecule is CNC(=O)c1cccc([N+](=O)[O-])c1. The molecule has 0 radical (unpaired) electrons. The summed E-state index contributed by atoms with van der Waals surface area (Å²) < 4.78 is 0. The summed E-state index contributed by atoms with van der Waals surface area (Å²) in [6.45, 7) is 0. The zero-order valence-electron chi connectivity index (χ0n) is 6.98. The zero-order valence-corrected chi connectivity index (χ0v) is 6.98. The molecule has 1 N–H and O–H groups in total. The number of hydrogen-bond donors (Lipinski definition) is 1. The van der Waals surface area contributed by atoms with Crippen LogP contribution in [-0.2, 0) is 0 Å². The van der Waals surface area contributed by atoms with Gasteiger partial charge in [-0.3, -0.25) is 14.9 Å². The average Bonchev–Trinajstić information content (AvgIpc) is 2.17. The van der Waals surface area contributed by atoms with Crippen molar-refractivity contribution in [2.75, 3.05) is 7.05 Å². The second kappa shape index (κ2) is 3.66. The van der Waals surface area contributed by atoms with Gasteiger partial charge >= 0.3 is 0 Å². The summed E-state index contributed by atoms with van der Waals surface area (Å²) >= 11 is 0. The molecule has 0 bridgehead atoms.